The van der Waals surface area contributed by atoms with Crippen LogP contribution in [0.1, 0.15) is 26.2 Å². The molecule has 0 bridgehead atoms. The summed E-state index contributed by atoms with van der Waals surface area (Å²) in [4.78, 5) is 13.7. The van der Waals surface area contributed by atoms with Crippen molar-refractivity contribution in [3.05, 3.63) is 18.4 Å². The van der Waals surface area contributed by atoms with Crippen LogP contribution in [0.3, 0.4) is 0 Å². The quantitative estimate of drug-likeness (QED) is 0.593. The van der Waals surface area contributed by atoms with E-state index in [0.717, 1.165) is 25.9 Å². The molecular formula is C11H17NO. The fourth-order valence-corrected chi connectivity index (χ4v) is 1.65. The largest absolute Gasteiger partial charge is 0.342 e. The minimum absolute atomic E-state index is 0.0596. The van der Waals surface area contributed by atoms with Gasteiger partial charge in [0.05, 0.1) is 5.92 Å². The number of hydrogen-bond acceptors (Lipinski definition) is 1. The number of carbonyl (C=O) groups is 1. The van der Waals surface area contributed by atoms with Gasteiger partial charge in [-0.15, -0.1) is 5.73 Å². The van der Waals surface area contributed by atoms with E-state index in [1.165, 1.54) is 6.42 Å². The van der Waals surface area contributed by atoms with Crippen LogP contribution in [0, 0.1) is 5.92 Å². The van der Waals surface area contributed by atoms with Gasteiger partial charge >= 0.3 is 0 Å². The first-order chi connectivity index (χ1) is 6.25. The first-order valence-corrected chi connectivity index (χ1v) is 4.90. The summed E-state index contributed by atoms with van der Waals surface area (Å²) in [7, 11) is 0. The Morgan fingerprint density at radius 1 is 1.46 bits per heavy atom. The highest BCUT2D eigenvalue weighted by Gasteiger charge is 2.19. The Morgan fingerprint density at radius 2 is 2.08 bits per heavy atom. The second-order valence-corrected chi connectivity index (χ2v) is 3.55. The van der Waals surface area contributed by atoms with Crippen molar-refractivity contribution < 1.29 is 4.79 Å². The first-order valence-electron chi connectivity index (χ1n) is 4.90. The van der Waals surface area contributed by atoms with Gasteiger partial charge in [-0.05, 0) is 32.3 Å². The third-order valence-electron chi connectivity index (χ3n) is 2.43. The van der Waals surface area contributed by atoms with E-state index >= 15 is 0 Å². The molecule has 1 aliphatic rings. The van der Waals surface area contributed by atoms with Crippen LogP contribution in [-0.2, 0) is 4.79 Å². The standard InChI is InChI=1S/C11H17NO/c1-3-7-10(2)11(13)12-8-5-4-6-9-12/h7,10H,1,4-6,8-9H2,2H3. The van der Waals surface area contributed by atoms with E-state index in [0.29, 0.717) is 0 Å². The molecule has 0 saturated carbocycles. The van der Waals surface area contributed by atoms with Crippen LogP contribution < -0.4 is 0 Å². The fourth-order valence-electron chi connectivity index (χ4n) is 1.65. The lowest BCUT2D eigenvalue weighted by Gasteiger charge is -2.28. The van der Waals surface area contributed by atoms with E-state index in [1.807, 2.05) is 11.8 Å². The van der Waals surface area contributed by atoms with E-state index in [1.54, 1.807) is 6.08 Å². The van der Waals surface area contributed by atoms with Gasteiger partial charge in [0, 0.05) is 13.1 Å². The van der Waals surface area contributed by atoms with Crippen LogP contribution in [0.4, 0.5) is 0 Å². The van der Waals surface area contributed by atoms with E-state index in [4.69, 9.17) is 0 Å². The Balaban J connectivity index is 2.49. The predicted octanol–water partition coefficient (Wildman–Crippen LogP) is 1.98. The fraction of sp³-hybridized carbons (Fsp3) is 0.636. The van der Waals surface area contributed by atoms with Crippen molar-refractivity contribution in [2.75, 3.05) is 13.1 Å². The van der Waals surface area contributed by atoms with Crippen molar-refractivity contribution in [2.45, 2.75) is 26.2 Å². The monoisotopic (exact) mass is 179 g/mol. The molecule has 0 aromatic heterocycles. The molecule has 1 unspecified atom stereocenters. The summed E-state index contributed by atoms with van der Waals surface area (Å²) < 4.78 is 0. The number of likely N-dealkylation sites (tertiary alicyclic amines) is 1. The zero-order valence-corrected chi connectivity index (χ0v) is 8.25. The molecule has 0 spiro atoms. The Hall–Kier alpha value is -1.01. The number of carbonyl (C=O) groups excluding carboxylic acids is 1. The molecule has 0 aliphatic carbocycles. The van der Waals surface area contributed by atoms with Crippen LogP contribution in [0.15, 0.2) is 18.4 Å². The van der Waals surface area contributed by atoms with Gasteiger partial charge in [0.2, 0.25) is 5.91 Å². The molecule has 1 saturated heterocycles. The zero-order chi connectivity index (χ0) is 9.68. The summed E-state index contributed by atoms with van der Waals surface area (Å²) in [5.74, 6) is 0.159. The molecular weight excluding hydrogens is 162 g/mol. The summed E-state index contributed by atoms with van der Waals surface area (Å²) in [6.45, 7) is 7.22. The Labute approximate surface area is 79.9 Å². The van der Waals surface area contributed by atoms with Gasteiger partial charge in [-0.3, -0.25) is 4.79 Å². The number of rotatable bonds is 2. The minimum atomic E-state index is -0.0596. The maximum atomic E-state index is 11.7. The Bertz CT molecular complexity index is 222. The molecule has 0 radical (unpaired) electrons. The normalized spacial score (nSPS) is 19.0. The molecule has 1 fully saturated rings. The summed E-state index contributed by atoms with van der Waals surface area (Å²) in [5.41, 5.74) is 2.66. The molecule has 2 heteroatoms. The summed E-state index contributed by atoms with van der Waals surface area (Å²) >= 11 is 0. The van der Waals surface area contributed by atoms with Crippen molar-refractivity contribution in [2.24, 2.45) is 5.92 Å². The molecule has 0 N–H and O–H groups in total. The Kier molecular flexibility index (Phi) is 3.78. The van der Waals surface area contributed by atoms with E-state index in [2.05, 4.69) is 12.3 Å². The molecule has 1 atom stereocenters. The number of amides is 1. The lowest BCUT2D eigenvalue weighted by Crippen LogP contribution is -2.38. The van der Waals surface area contributed by atoms with Crippen molar-refractivity contribution in [3.63, 3.8) is 0 Å². The van der Waals surface area contributed by atoms with Gasteiger partial charge in [0.1, 0.15) is 0 Å². The van der Waals surface area contributed by atoms with E-state index in [9.17, 15) is 4.79 Å². The third kappa shape index (κ3) is 2.74. The maximum Gasteiger partial charge on any atom is 0.229 e. The highest BCUT2D eigenvalue weighted by molar-refractivity contribution is 5.80. The second kappa shape index (κ2) is 4.88. The van der Waals surface area contributed by atoms with Crippen LogP contribution in [0.2, 0.25) is 0 Å². The van der Waals surface area contributed by atoms with Crippen molar-refractivity contribution >= 4 is 5.91 Å². The summed E-state index contributed by atoms with van der Waals surface area (Å²) in [6, 6.07) is 0. The SMILES string of the molecule is C=C=CC(C)C(=O)N1CCCCC1. The topological polar surface area (TPSA) is 20.3 Å². The van der Waals surface area contributed by atoms with Crippen molar-refractivity contribution in [1.29, 1.82) is 0 Å². The average Bonchev–Trinajstić information content (AvgIpc) is 2.18. The zero-order valence-electron chi connectivity index (χ0n) is 8.25. The van der Waals surface area contributed by atoms with Crippen LogP contribution in [0.5, 0.6) is 0 Å². The maximum absolute atomic E-state index is 11.7. The van der Waals surface area contributed by atoms with Gasteiger partial charge < -0.3 is 4.90 Å². The lowest BCUT2D eigenvalue weighted by atomic mass is 10.1. The van der Waals surface area contributed by atoms with Gasteiger partial charge in [0.25, 0.3) is 0 Å². The number of hydrogen-bond donors (Lipinski definition) is 0. The molecule has 1 heterocycles. The molecule has 0 aromatic rings. The molecule has 0 aromatic carbocycles. The smallest absolute Gasteiger partial charge is 0.229 e. The molecule has 2 nitrogen and oxygen atoms in total. The van der Waals surface area contributed by atoms with E-state index < -0.39 is 0 Å². The Morgan fingerprint density at radius 3 is 2.62 bits per heavy atom. The molecule has 72 valence electrons. The predicted molar refractivity (Wildman–Crippen MR) is 53.3 cm³/mol. The second-order valence-electron chi connectivity index (χ2n) is 3.55. The highest BCUT2D eigenvalue weighted by atomic mass is 16.2. The van der Waals surface area contributed by atoms with Crippen molar-refractivity contribution in [1.82, 2.24) is 4.90 Å². The third-order valence-corrected chi connectivity index (χ3v) is 2.43. The summed E-state index contributed by atoms with van der Waals surface area (Å²) in [6.07, 6.45) is 5.29. The molecule has 13 heavy (non-hydrogen) atoms. The van der Waals surface area contributed by atoms with Gasteiger partial charge in [-0.1, -0.05) is 6.58 Å². The minimum Gasteiger partial charge on any atom is -0.342 e. The first kappa shape index (κ1) is 10.1. The number of piperidine rings is 1. The van der Waals surface area contributed by atoms with E-state index in [-0.39, 0.29) is 11.8 Å². The number of nitrogens with zero attached hydrogens (tertiary/aromatic N) is 1. The highest BCUT2D eigenvalue weighted by Crippen LogP contribution is 2.12. The lowest BCUT2D eigenvalue weighted by molar-refractivity contribution is -0.134. The van der Waals surface area contributed by atoms with Gasteiger partial charge in [0.15, 0.2) is 0 Å². The molecule has 1 amide bonds. The molecule has 1 aliphatic heterocycles. The van der Waals surface area contributed by atoms with Crippen LogP contribution in [-0.4, -0.2) is 23.9 Å². The summed E-state index contributed by atoms with van der Waals surface area (Å²) in [5, 5.41) is 0. The van der Waals surface area contributed by atoms with Crippen LogP contribution in [0.25, 0.3) is 0 Å². The van der Waals surface area contributed by atoms with Gasteiger partial charge in [-0.2, -0.15) is 0 Å². The van der Waals surface area contributed by atoms with Crippen LogP contribution >= 0.6 is 0 Å². The average molecular weight is 179 g/mol. The van der Waals surface area contributed by atoms with Gasteiger partial charge in [-0.25, -0.2) is 0 Å². The van der Waals surface area contributed by atoms with Crippen molar-refractivity contribution in [3.8, 4) is 0 Å². The molecule has 1 rings (SSSR count).